The highest BCUT2D eigenvalue weighted by molar-refractivity contribution is 7.90. The molecule has 1 aromatic carbocycles. The highest BCUT2D eigenvalue weighted by atomic mass is 32.2. The van der Waals surface area contributed by atoms with Crippen molar-refractivity contribution >= 4 is 20.9 Å². The number of alkyl halides is 3. The first-order valence-corrected chi connectivity index (χ1v) is 12.7. The Kier molecular flexibility index (Phi) is 6.28. The van der Waals surface area contributed by atoms with Crippen molar-refractivity contribution in [2.45, 2.75) is 63.9 Å². The normalized spacial score (nSPS) is 17.0. The zero-order valence-electron chi connectivity index (χ0n) is 19.6. The second-order valence-electron chi connectivity index (χ2n) is 10.4. The molecular formula is C24H28F3N3O4S. The van der Waals surface area contributed by atoms with Gasteiger partial charge in [0.05, 0.1) is 5.25 Å². The van der Waals surface area contributed by atoms with Crippen LogP contribution in [0, 0.1) is 5.41 Å². The van der Waals surface area contributed by atoms with Gasteiger partial charge in [-0.2, -0.15) is 13.2 Å². The van der Waals surface area contributed by atoms with Crippen LogP contribution in [-0.4, -0.2) is 39.2 Å². The van der Waals surface area contributed by atoms with E-state index in [1.807, 2.05) is 25.3 Å². The summed E-state index contributed by atoms with van der Waals surface area (Å²) in [6, 6.07) is 7.77. The average Bonchev–Trinajstić information content (AvgIpc) is 3.05. The highest BCUT2D eigenvalue weighted by Gasteiger charge is 2.47. The van der Waals surface area contributed by atoms with Crippen LogP contribution in [0.3, 0.4) is 0 Å². The quantitative estimate of drug-likeness (QED) is 0.434. The van der Waals surface area contributed by atoms with Gasteiger partial charge in [0.15, 0.2) is 11.5 Å². The lowest BCUT2D eigenvalue weighted by Gasteiger charge is -2.38. The Morgan fingerprint density at radius 3 is 2.46 bits per heavy atom. The van der Waals surface area contributed by atoms with Crippen LogP contribution in [0.5, 0.6) is 0 Å². The summed E-state index contributed by atoms with van der Waals surface area (Å²) in [6.45, 7) is 6.61. The van der Waals surface area contributed by atoms with Crippen LogP contribution in [-0.2, 0) is 29.3 Å². The minimum atomic E-state index is -4.61. The maximum Gasteiger partial charge on any atom is 0.433 e. The summed E-state index contributed by atoms with van der Waals surface area (Å²) in [7, 11) is -3.77. The Morgan fingerprint density at radius 2 is 1.86 bits per heavy atom. The molecule has 0 spiro atoms. The lowest BCUT2D eigenvalue weighted by molar-refractivity contribution is -0.208. The fraction of sp³-hybridized carbons (Fsp3) is 0.458. The molecule has 190 valence electrons. The SMILES string of the molecule is CC(C)(C)Cn1cc(CNS(=O)(=O)C2CC(O)(O)C2)c2ccc(-c3cccnc3C(F)(F)F)cc21. The minimum Gasteiger partial charge on any atom is -0.366 e. The number of aliphatic hydroxyl groups is 2. The second-order valence-corrected chi connectivity index (χ2v) is 12.4. The number of hydrogen-bond donors (Lipinski definition) is 3. The molecule has 3 N–H and O–H groups in total. The zero-order chi connectivity index (χ0) is 25.8. The van der Waals surface area contributed by atoms with E-state index in [2.05, 4.69) is 9.71 Å². The Labute approximate surface area is 201 Å². The molecule has 11 heteroatoms. The van der Waals surface area contributed by atoms with E-state index in [9.17, 15) is 31.8 Å². The number of benzene rings is 1. The van der Waals surface area contributed by atoms with Crippen LogP contribution in [0.15, 0.2) is 42.7 Å². The van der Waals surface area contributed by atoms with E-state index in [0.717, 1.165) is 6.20 Å². The maximum atomic E-state index is 13.5. The first-order chi connectivity index (χ1) is 16.1. The first kappa shape index (κ1) is 25.6. The molecule has 0 amide bonds. The number of nitrogens with zero attached hydrogens (tertiary/aromatic N) is 2. The van der Waals surface area contributed by atoms with Gasteiger partial charge in [-0.3, -0.25) is 4.98 Å². The number of hydrogen-bond acceptors (Lipinski definition) is 5. The fourth-order valence-corrected chi connectivity index (χ4v) is 5.93. The number of nitrogens with one attached hydrogen (secondary N) is 1. The van der Waals surface area contributed by atoms with Gasteiger partial charge in [0.25, 0.3) is 0 Å². The average molecular weight is 512 g/mol. The monoisotopic (exact) mass is 511 g/mol. The van der Waals surface area contributed by atoms with Crippen molar-refractivity contribution in [1.29, 1.82) is 0 Å². The number of aromatic nitrogens is 2. The molecule has 7 nitrogen and oxygen atoms in total. The van der Waals surface area contributed by atoms with Gasteiger partial charge in [-0.15, -0.1) is 0 Å². The van der Waals surface area contributed by atoms with Crippen LogP contribution >= 0.6 is 0 Å². The fourth-order valence-electron chi connectivity index (χ4n) is 4.37. The number of sulfonamides is 1. The molecular weight excluding hydrogens is 483 g/mol. The molecule has 0 unspecified atom stereocenters. The molecule has 3 aromatic rings. The summed E-state index contributed by atoms with van der Waals surface area (Å²) in [5.41, 5.74) is 0.550. The summed E-state index contributed by atoms with van der Waals surface area (Å²) >= 11 is 0. The lowest BCUT2D eigenvalue weighted by Crippen LogP contribution is -2.53. The number of halogens is 3. The molecule has 0 aliphatic heterocycles. The minimum absolute atomic E-state index is 0.0314. The molecule has 0 radical (unpaired) electrons. The maximum absolute atomic E-state index is 13.5. The van der Waals surface area contributed by atoms with E-state index < -0.39 is 32.9 Å². The second kappa shape index (κ2) is 8.58. The van der Waals surface area contributed by atoms with Crippen molar-refractivity contribution in [2.24, 2.45) is 5.41 Å². The third-order valence-corrected chi connectivity index (χ3v) is 7.77. The largest absolute Gasteiger partial charge is 0.433 e. The van der Waals surface area contributed by atoms with Gasteiger partial charge in [-0.05, 0) is 28.7 Å². The Morgan fingerprint density at radius 1 is 1.17 bits per heavy atom. The van der Waals surface area contributed by atoms with E-state index in [-0.39, 0.29) is 30.4 Å². The summed E-state index contributed by atoms with van der Waals surface area (Å²) in [5.74, 6) is -1.96. The van der Waals surface area contributed by atoms with Gasteiger partial charge in [-0.25, -0.2) is 13.1 Å². The van der Waals surface area contributed by atoms with E-state index >= 15 is 0 Å². The third kappa shape index (κ3) is 5.53. The van der Waals surface area contributed by atoms with Gasteiger partial charge in [0.1, 0.15) is 0 Å². The van der Waals surface area contributed by atoms with Crippen molar-refractivity contribution in [2.75, 3.05) is 0 Å². The molecule has 2 aromatic heterocycles. The van der Waals surface area contributed by atoms with Crippen molar-refractivity contribution in [3.63, 3.8) is 0 Å². The van der Waals surface area contributed by atoms with Crippen LogP contribution in [0.4, 0.5) is 13.2 Å². The van der Waals surface area contributed by atoms with Gasteiger partial charge < -0.3 is 14.8 Å². The Hall–Kier alpha value is -2.47. The Bertz CT molecular complexity index is 1350. The Balaban J connectivity index is 1.72. The lowest BCUT2D eigenvalue weighted by atomic mass is 9.91. The van der Waals surface area contributed by atoms with E-state index in [0.29, 0.717) is 28.6 Å². The zero-order valence-corrected chi connectivity index (χ0v) is 20.4. The molecule has 1 aliphatic carbocycles. The van der Waals surface area contributed by atoms with Crippen LogP contribution in [0.2, 0.25) is 0 Å². The highest BCUT2D eigenvalue weighted by Crippen LogP contribution is 2.38. The summed E-state index contributed by atoms with van der Waals surface area (Å²) < 4.78 is 70.2. The van der Waals surface area contributed by atoms with Crippen LogP contribution < -0.4 is 4.72 Å². The summed E-state index contributed by atoms with van der Waals surface area (Å²) in [4.78, 5) is 3.55. The van der Waals surface area contributed by atoms with Crippen molar-refractivity contribution < 1.29 is 31.8 Å². The predicted molar refractivity (Wildman–Crippen MR) is 126 cm³/mol. The number of fused-ring (bicyclic) bond motifs is 1. The van der Waals surface area contributed by atoms with Gasteiger partial charge in [-0.1, -0.05) is 39.0 Å². The molecule has 1 fully saturated rings. The van der Waals surface area contributed by atoms with Crippen molar-refractivity contribution in [1.82, 2.24) is 14.3 Å². The van der Waals surface area contributed by atoms with Gasteiger partial charge in [0.2, 0.25) is 10.0 Å². The predicted octanol–water partition coefficient (Wildman–Crippen LogP) is 4.03. The molecule has 1 aliphatic rings. The molecule has 0 atom stereocenters. The van der Waals surface area contributed by atoms with Crippen LogP contribution in [0.25, 0.3) is 22.0 Å². The first-order valence-electron chi connectivity index (χ1n) is 11.1. The third-order valence-electron chi connectivity index (χ3n) is 6.01. The smallest absolute Gasteiger partial charge is 0.366 e. The molecule has 1 saturated carbocycles. The topological polar surface area (TPSA) is 104 Å². The molecule has 4 rings (SSSR count). The molecule has 35 heavy (non-hydrogen) atoms. The molecule has 0 saturated heterocycles. The van der Waals surface area contributed by atoms with E-state index in [1.54, 1.807) is 24.4 Å². The van der Waals surface area contributed by atoms with Gasteiger partial charge in [0, 0.05) is 54.8 Å². The molecule has 2 heterocycles. The van der Waals surface area contributed by atoms with E-state index in [1.165, 1.54) is 12.1 Å². The van der Waals surface area contributed by atoms with Crippen LogP contribution in [0.1, 0.15) is 44.9 Å². The number of rotatable bonds is 6. The van der Waals surface area contributed by atoms with Crippen molar-refractivity contribution in [3.05, 3.63) is 54.0 Å². The standard InChI is InChI=1S/C24H28F3N3O4S/c1-22(2,3)14-30-13-16(12-29-35(33,34)17-10-23(31,32)11-17)18-7-6-15(9-20(18)30)19-5-4-8-28-21(19)24(25,26)27/h4-9,13,17,29,31-32H,10-12,14H2,1-3H3. The summed E-state index contributed by atoms with van der Waals surface area (Å²) in [5, 5.41) is 18.7. The van der Waals surface area contributed by atoms with E-state index in [4.69, 9.17) is 0 Å². The molecule has 0 bridgehead atoms. The van der Waals surface area contributed by atoms with Gasteiger partial charge >= 0.3 is 6.18 Å². The summed E-state index contributed by atoms with van der Waals surface area (Å²) in [6.07, 6.45) is -2.21. The number of pyridine rings is 1. The van der Waals surface area contributed by atoms with Crippen molar-refractivity contribution in [3.8, 4) is 11.1 Å².